The van der Waals surface area contributed by atoms with Crippen molar-refractivity contribution in [2.45, 2.75) is 77.7 Å². The summed E-state index contributed by atoms with van der Waals surface area (Å²) in [6.07, 6.45) is 7.26. The number of ether oxygens (including phenoxy) is 1. The van der Waals surface area contributed by atoms with E-state index in [9.17, 15) is 8.78 Å². The van der Waals surface area contributed by atoms with E-state index in [0.29, 0.717) is 17.7 Å². The van der Waals surface area contributed by atoms with Crippen LogP contribution in [0, 0.1) is 0 Å². The van der Waals surface area contributed by atoms with Gasteiger partial charge in [0, 0.05) is 11.8 Å². The topological polar surface area (TPSA) is 35.0 Å². The second-order valence-electron chi connectivity index (χ2n) is 6.90. The molecule has 3 nitrogen and oxygen atoms in total. The summed E-state index contributed by atoms with van der Waals surface area (Å²) in [5.74, 6) is 0.174. The van der Waals surface area contributed by atoms with Crippen molar-refractivity contribution in [3.05, 3.63) is 42.4 Å². The molecule has 5 heteroatoms. The fourth-order valence-corrected chi connectivity index (χ4v) is 3.07. The number of rotatable bonds is 12. The third kappa shape index (κ3) is 6.89. The molecule has 0 spiro atoms. The molecule has 0 bridgehead atoms. The molecule has 148 valence electrons. The Kier molecular flexibility index (Phi) is 8.62. The first-order valence-corrected chi connectivity index (χ1v) is 10.0. The molecule has 0 atom stereocenters. The van der Waals surface area contributed by atoms with E-state index in [0.717, 1.165) is 37.7 Å². The zero-order valence-electron chi connectivity index (χ0n) is 16.4. The summed E-state index contributed by atoms with van der Waals surface area (Å²) >= 11 is 0. The Morgan fingerprint density at radius 3 is 2.48 bits per heavy atom. The highest BCUT2D eigenvalue weighted by molar-refractivity contribution is 5.69. The van der Waals surface area contributed by atoms with Gasteiger partial charge in [0.05, 0.1) is 12.1 Å². The number of hydrogen-bond acceptors (Lipinski definition) is 3. The molecule has 0 unspecified atom stereocenters. The summed E-state index contributed by atoms with van der Waals surface area (Å²) in [4.78, 5) is 8.50. The molecular formula is C22H30F2N2O. The van der Waals surface area contributed by atoms with Gasteiger partial charge in [0.1, 0.15) is 12.1 Å². The van der Waals surface area contributed by atoms with E-state index in [-0.39, 0.29) is 12.2 Å². The maximum atomic E-state index is 14.3. The Morgan fingerprint density at radius 2 is 1.70 bits per heavy atom. The van der Waals surface area contributed by atoms with Crippen molar-refractivity contribution in [2.75, 3.05) is 0 Å². The first kappa shape index (κ1) is 21.3. The van der Waals surface area contributed by atoms with E-state index in [1.54, 1.807) is 24.4 Å². The van der Waals surface area contributed by atoms with Gasteiger partial charge in [0.15, 0.2) is 0 Å². The highest BCUT2D eigenvalue weighted by Gasteiger charge is 2.32. The number of halogens is 2. The summed E-state index contributed by atoms with van der Waals surface area (Å²) in [6, 6.07) is 6.91. The van der Waals surface area contributed by atoms with Gasteiger partial charge in [-0.25, -0.2) is 9.97 Å². The number of unbranched alkanes of at least 4 members (excludes halogenated alkanes) is 5. The molecule has 1 aromatic heterocycles. The van der Waals surface area contributed by atoms with E-state index in [1.807, 2.05) is 13.0 Å². The van der Waals surface area contributed by atoms with Crippen LogP contribution in [0.3, 0.4) is 0 Å². The second kappa shape index (κ2) is 11.0. The molecule has 0 amide bonds. The van der Waals surface area contributed by atoms with Gasteiger partial charge in [0.25, 0.3) is 0 Å². The zero-order chi connectivity index (χ0) is 19.5. The number of alkyl halides is 2. The van der Waals surface area contributed by atoms with Crippen LogP contribution in [0.25, 0.3) is 11.3 Å². The van der Waals surface area contributed by atoms with Crippen molar-refractivity contribution in [1.29, 1.82) is 0 Å². The quantitative estimate of drug-likeness (QED) is 0.381. The summed E-state index contributed by atoms with van der Waals surface area (Å²) in [7, 11) is 0. The maximum absolute atomic E-state index is 14.3. The molecule has 0 radical (unpaired) electrons. The fourth-order valence-electron chi connectivity index (χ4n) is 3.07. The molecule has 0 aliphatic heterocycles. The predicted octanol–water partition coefficient (Wildman–Crippen LogP) is 6.82. The van der Waals surface area contributed by atoms with Crippen molar-refractivity contribution >= 4 is 0 Å². The lowest BCUT2D eigenvalue weighted by atomic mass is 10.0. The van der Waals surface area contributed by atoms with E-state index >= 15 is 0 Å². The number of aromatic nitrogens is 2. The smallest absolute Gasteiger partial charge is 0.397 e. The third-order valence-corrected chi connectivity index (χ3v) is 4.56. The minimum atomic E-state index is -3.18. The first-order valence-electron chi connectivity index (χ1n) is 10.0. The van der Waals surface area contributed by atoms with Crippen LogP contribution in [0.5, 0.6) is 5.75 Å². The zero-order valence-corrected chi connectivity index (χ0v) is 16.4. The van der Waals surface area contributed by atoms with Crippen molar-refractivity contribution < 1.29 is 13.5 Å². The Morgan fingerprint density at radius 1 is 0.963 bits per heavy atom. The molecule has 0 saturated carbocycles. The largest absolute Gasteiger partial charge is 0.432 e. The van der Waals surface area contributed by atoms with Gasteiger partial charge in [-0.1, -0.05) is 58.1 Å². The highest BCUT2D eigenvalue weighted by atomic mass is 19.3. The standard InChI is InChI=1S/C22H30F2N2O/c1-3-5-7-8-12-18-16-25-17-26-21(18)19-13-9-10-14-20(19)27-22(23,24)15-11-6-4-2/h9-10,13-14,16-17H,3-8,11-12,15H2,1-2H3. The number of benzene rings is 1. The molecule has 1 heterocycles. The number of hydrogen-bond donors (Lipinski definition) is 0. The molecule has 0 aliphatic rings. The molecule has 0 aliphatic carbocycles. The van der Waals surface area contributed by atoms with E-state index < -0.39 is 6.11 Å². The number of aryl methyl sites for hydroxylation is 1. The average molecular weight is 376 g/mol. The molecule has 2 aromatic rings. The van der Waals surface area contributed by atoms with E-state index in [4.69, 9.17) is 4.74 Å². The summed E-state index contributed by atoms with van der Waals surface area (Å²) in [5.41, 5.74) is 2.25. The summed E-state index contributed by atoms with van der Waals surface area (Å²) in [5, 5.41) is 0. The normalized spacial score (nSPS) is 11.6. The Balaban J connectivity index is 2.20. The lowest BCUT2D eigenvalue weighted by Gasteiger charge is -2.20. The van der Waals surface area contributed by atoms with Gasteiger partial charge in [0.2, 0.25) is 0 Å². The number of para-hydroxylation sites is 1. The average Bonchev–Trinajstić information content (AvgIpc) is 2.66. The molecule has 27 heavy (non-hydrogen) atoms. The molecule has 0 saturated heterocycles. The molecule has 0 fully saturated rings. The van der Waals surface area contributed by atoms with Crippen LogP contribution in [0.2, 0.25) is 0 Å². The second-order valence-corrected chi connectivity index (χ2v) is 6.90. The van der Waals surface area contributed by atoms with Crippen LogP contribution in [0.15, 0.2) is 36.8 Å². The Hall–Kier alpha value is -2.04. The predicted molar refractivity (Wildman–Crippen MR) is 105 cm³/mol. The number of nitrogens with zero attached hydrogens (tertiary/aromatic N) is 2. The summed E-state index contributed by atoms with van der Waals surface area (Å²) < 4.78 is 33.7. The van der Waals surface area contributed by atoms with E-state index in [2.05, 4.69) is 16.9 Å². The fraction of sp³-hybridized carbons (Fsp3) is 0.545. The molecule has 1 aromatic carbocycles. The van der Waals surface area contributed by atoms with Gasteiger partial charge < -0.3 is 4.74 Å². The SMILES string of the molecule is CCCCCCc1cncnc1-c1ccccc1OC(F)(F)CCCCC. The van der Waals surface area contributed by atoms with Gasteiger partial charge in [-0.05, 0) is 37.0 Å². The van der Waals surface area contributed by atoms with E-state index in [1.165, 1.54) is 19.2 Å². The highest BCUT2D eigenvalue weighted by Crippen LogP contribution is 2.35. The molecular weight excluding hydrogens is 346 g/mol. The van der Waals surface area contributed by atoms with Crippen molar-refractivity contribution in [2.24, 2.45) is 0 Å². The Bertz CT molecular complexity index is 692. The lowest BCUT2D eigenvalue weighted by molar-refractivity contribution is -0.181. The lowest BCUT2D eigenvalue weighted by Crippen LogP contribution is -2.24. The first-order chi connectivity index (χ1) is 13.1. The van der Waals surface area contributed by atoms with Crippen LogP contribution in [-0.2, 0) is 6.42 Å². The van der Waals surface area contributed by atoms with Crippen LogP contribution in [-0.4, -0.2) is 16.1 Å². The van der Waals surface area contributed by atoms with Crippen LogP contribution in [0.4, 0.5) is 8.78 Å². The Labute approximate surface area is 161 Å². The van der Waals surface area contributed by atoms with Crippen LogP contribution in [0.1, 0.15) is 70.8 Å². The van der Waals surface area contributed by atoms with Crippen LogP contribution < -0.4 is 4.74 Å². The van der Waals surface area contributed by atoms with Crippen molar-refractivity contribution in [3.63, 3.8) is 0 Å². The minimum absolute atomic E-state index is 0.174. The van der Waals surface area contributed by atoms with Crippen molar-refractivity contribution in [3.8, 4) is 17.0 Å². The summed E-state index contributed by atoms with van der Waals surface area (Å²) in [6.45, 7) is 4.16. The minimum Gasteiger partial charge on any atom is -0.432 e. The van der Waals surface area contributed by atoms with Crippen molar-refractivity contribution in [1.82, 2.24) is 9.97 Å². The van der Waals surface area contributed by atoms with Crippen LogP contribution >= 0.6 is 0 Å². The van der Waals surface area contributed by atoms with Gasteiger partial charge in [-0.2, -0.15) is 8.78 Å². The van der Waals surface area contributed by atoms with Gasteiger partial charge in [-0.3, -0.25) is 0 Å². The molecule has 0 N–H and O–H groups in total. The molecule has 2 rings (SSSR count). The van der Waals surface area contributed by atoms with Gasteiger partial charge >= 0.3 is 6.11 Å². The maximum Gasteiger partial charge on any atom is 0.397 e. The van der Waals surface area contributed by atoms with Gasteiger partial charge in [-0.15, -0.1) is 0 Å². The third-order valence-electron chi connectivity index (χ3n) is 4.56. The monoisotopic (exact) mass is 376 g/mol.